The average Bonchev–Trinajstić information content (AvgIpc) is 3.11. The highest BCUT2D eigenvalue weighted by molar-refractivity contribution is 9.10. The van der Waals surface area contributed by atoms with Crippen LogP contribution < -0.4 is 10.1 Å². The molecule has 0 aliphatic heterocycles. The van der Waals surface area contributed by atoms with Gasteiger partial charge in [-0.15, -0.1) is 10.2 Å². The summed E-state index contributed by atoms with van der Waals surface area (Å²) in [6.07, 6.45) is 1.64. The lowest BCUT2D eigenvalue weighted by Crippen LogP contribution is -2.15. The first-order chi connectivity index (χ1) is 14.0. The van der Waals surface area contributed by atoms with E-state index in [-0.39, 0.29) is 11.7 Å². The molecule has 1 amide bonds. The molecule has 0 atom stereocenters. The quantitative estimate of drug-likeness (QED) is 0.486. The molecule has 2 heterocycles. The molecule has 0 bridgehead atoms. The van der Waals surface area contributed by atoms with Gasteiger partial charge in [0.2, 0.25) is 5.91 Å². The standard InChI is InChI=1S/C20H22BrN5O2S/c1-4-26-18(11-28-16-7-5-6-13(2)14(16)3)24-25-20(26)29-12-19(27)23-17-9-8-15(21)10-22-17/h5-10H,4,11-12H2,1-3H3,(H,22,23,27). The summed E-state index contributed by atoms with van der Waals surface area (Å²) in [6.45, 7) is 7.12. The summed E-state index contributed by atoms with van der Waals surface area (Å²) in [5, 5.41) is 11.9. The summed E-state index contributed by atoms with van der Waals surface area (Å²) in [6, 6.07) is 9.55. The predicted molar refractivity (Wildman–Crippen MR) is 117 cm³/mol. The zero-order chi connectivity index (χ0) is 20.8. The van der Waals surface area contributed by atoms with Gasteiger partial charge in [-0.2, -0.15) is 0 Å². The largest absolute Gasteiger partial charge is 0.485 e. The number of halogens is 1. The van der Waals surface area contributed by atoms with Crippen molar-refractivity contribution in [1.29, 1.82) is 0 Å². The number of hydrogen-bond acceptors (Lipinski definition) is 6. The Kier molecular flexibility index (Phi) is 7.27. The second-order valence-corrected chi connectivity index (χ2v) is 8.19. The van der Waals surface area contributed by atoms with Gasteiger partial charge in [-0.3, -0.25) is 4.79 Å². The molecule has 0 spiro atoms. The van der Waals surface area contributed by atoms with E-state index < -0.39 is 0 Å². The number of carbonyl (C=O) groups is 1. The lowest BCUT2D eigenvalue weighted by Gasteiger charge is -2.11. The Morgan fingerprint density at radius 2 is 2.07 bits per heavy atom. The van der Waals surface area contributed by atoms with Gasteiger partial charge in [0.1, 0.15) is 18.2 Å². The van der Waals surface area contributed by atoms with Crippen LogP contribution in [0.2, 0.25) is 0 Å². The molecule has 0 unspecified atom stereocenters. The van der Waals surface area contributed by atoms with Crippen molar-refractivity contribution in [3.63, 3.8) is 0 Å². The molecule has 9 heteroatoms. The third kappa shape index (κ3) is 5.57. The number of amides is 1. The van der Waals surface area contributed by atoms with Crippen LogP contribution in [0.15, 0.2) is 46.2 Å². The molecule has 1 aromatic carbocycles. The molecular weight excluding hydrogens is 454 g/mol. The monoisotopic (exact) mass is 475 g/mol. The van der Waals surface area contributed by atoms with Crippen molar-refractivity contribution in [3.05, 3.63) is 58.0 Å². The Morgan fingerprint density at radius 1 is 1.24 bits per heavy atom. The fraction of sp³-hybridized carbons (Fsp3) is 0.300. The number of ether oxygens (including phenoxy) is 1. The first kappa shape index (κ1) is 21.3. The molecular formula is C20H22BrN5O2S. The average molecular weight is 476 g/mol. The van der Waals surface area contributed by atoms with Crippen molar-refractivity contribution in [3.8, 4) is 5.75 Å². The third-order valence-electron chi connectivity index (χ3n) is 4.35. The summed E-state index contributed by atoms with van der Waals surface area (Å²) < 4.78 is 8.77. The van der Waals surface area contributed by atoms with Crippen molar-refractivity contribution in [2.75, 3.05) is 11.1 Å². The normalized spacial score (nSPS) is 10.8. The van der Waals surface area contributed by atoms with Crippen molar-refractivity contribution >= 4 is 39.4 Å². The van der Waals surface area contributed by atoms with Crippen LogP contribution in [-0.4, -0.2) is 31.4 Å². The van der Waals surface area contributed by atoms with E-state index in [4.69, 9.17) is 4.74 Å². The maximum absolute atomic E-state index is 12.2. The minimum atomic E-state index is -0.149. The summed E-state index contributed by atoms with van der Waals surface area (Å²) in [7, 11) is 0. The van der Waals surface area contributed by atoms with Crippen LogP contribution in [0, 0.1) is 13.8 Å². The van der Waals surface area contributed by atoms with E-state index in [2.05, 4.69) is 49.4 Å². The molecule has 0 fully saturated rings. The molecule has 0 aliphatic rings. The highest BCUT2D eigenvalue weighted by Gasteiger charge is 2.14. The molecule has 0 saturated heterocycles. The van der Waals surface area contributed by atoms with Crippen LogP contribution >= 0.6 is 27.7 Å². The summed E-state index contributed by atoms with van der Waals surface area (Å²) in [5.41, 5.74) is 2.30. The fourth-order valence-corrected chi connectivity index (χ4v) is 3.69. The lowest BCUT2D eigenvalue weighted by atomic mass is 10.1. The number of benzene rings is 1. The minimum absolute atomic E-state index is 0.149. The van der Waals surface area contributed by atoms with Gasteiger partial charge < -0.3 is 14.6 Å². The zero-order valence-electron chi connectivity index (χ0n) is 16.5. The molecule has 1 N–H and O–H groups in total. The van der Waals surface area contributed by atoms with E-state index in [1.54, 1.807) is 12.3 Å². The maximum Gasteiger partial charge on any atom is 0.236 e. The first-order valence-electron chi connectivity index (χ1n) is 9.13. The molecule has 152 valence electrons. The number of nitrogens with one attached hydrogen (secondary N) is 1. The molecule has 3 aromatic rings. The van der Waals surface area contributed by atoms with Crippen molar-refractivity contribution in [1.82, 2.24) is 19.7 Å². The molecule has 7 nitrogen and oxygen atoms in total. The number of pyridine rings is 1. The van der Waals surface area contributed by atoms with Gasteiger partial charge in [-0.05, 0) is 66.0 Å². The van der Waals surface area contributed by atoms with Gasteiger partial charge in [-0.25, -0.2) is 4.98 Å². The maximum atomic E-state index is 12.2. The van der Waals surface area contributed by atoms with Gasteiger partial charge in [0.05, 0.1) is 5.75 Å². The predicted octanol–water partition coefficient (Wildman–Crippen LogP) is 4.38. The van der Waals surface area contributed by atoms with E-state index in [1.165, 1.54) is 17.3 Å². The highest BCUT2D eigenvalue weighted by Crippen LogP contribution is 2.23. The van der Waals surface area contributed by atoms with Gasteiger partial charge >= 0.3 is 0 Å². The Labute approximate surface area is 182 Å². The van der Waals surface area contributed by atoms with E-state index >= 15 is 0 Å². The first-order valence-corrected chi connectivity index (χ1v) is 10.9. The second-order valence-electron chi connectivity index (χ2n) is 6.33. The van der Waals surface area contributed by atoms with Crippen LogP contribution in [0.5, 0.6) is 5.75 Å². The second kappa shape index (κ2) is 9.89. The SMILES string of the molecule is CCn1c(COc2cccc(C)c2C)nnc1SCC(=O)Nc1ccc(Br)cn1. The number of rotatable bonds is 8. The van der Waals surface area contributed by atoms with Crippen molar-refractivity contribution in [2.45, 2.75) is 39.1 Å². The molecule has 3 rings (SSSR count). The molecule has 0 saturated carbocycles. The van der Waals surface area contributed by atoms with Crippen LogP contribution in [0.3, 0.4) is 0 Å². The number of thioether (sulfide) groups is 1. The highest BCUT2D eigenvalue weighted by atomic mass is 79.9. The van der Waals surface area contributed by atoms with Crippen LogP contribution in [0.25, 0.3) is 0 Å². The molecule has 0 aliphatic carbocycles. The van der Waals surface area contributed by atoms with Gasteiger partial charge in [0, 0.05) is 17.2 Å². The third-order valence-corrected chi connectivity index (χ3v) is 5.78. The zero-order valence-corrected chi connectivity index (χ0v) is 18.9. The van der Waals surface area contributed by atoms with Crippen LogP contribution in [0.1, 0.15) is 23.9 Å². The van der Waals surface area contributed by atoms with Crippen LogP contribution in [0.4, 0.5) is 5.82 Å². The Hall–Kier alpha value is -2.39. The number of hydrogen-bond donors (Lipinski definition) is 1. The summed E-state index contributed by atoms with van der Waals surface area (Å²) in [5.74, 6) is 2.15. The minimum Gasteiger partial charge on any atom is -0.485 e. The lowest BCUT2D eigenvalue weighted by molar-refractivity contribution is -0.113. The summed E-state index contributed by atoms with van der Waals surface area (Å²) in [4.78, 5) is 16.3. The van der Waals surface area contributed by atoms with Gasteiger partial charge in [-0.1, -0.05) is 23.9 Å². The number of carbonyl (C=O) groups excluding carboxylic acids is 1. The van der Waals surface area contributed by atoms with Crippen molar-refractivity contribution in [2.24, 2.45) is 0 Å². The number of aryl methyl sites for hydroxylation is 1. The number of anilines is 1. The molecule has 29 heavy (non-hydrogen) atoms. The van der Waals surface area contributed by atoms with E-state index in [9.17, 15) is 4.79 Å². The smallest absolute Gasteiger partial charge is 0.236 e. The topological polar surface area (TPSA) is 81.9 Å². The Morgan fingerprint density at radius 3 is 2.79 bits per heavy atom. The fourth-order valence-electron chi connectivity index (χ4n) is 2.63. The molecule has 2 aromatic heterocycles. The van der Waals surface area contributed by atoms with E-state index in [0.717, 1.165) is 21.6 Å². The number of nitrogens with zero attached hydrogens (tertiary/aromatic N) is 4. The van der Waals surface area contributed by atoms with Gasteiger partial charge in [0.25, 0.3) is 0 Å². The molecule has 0 radical (unpaired) electrons. The Bertz CT molecular complexity index is 991. The van der Waals surface area contributed by atoms with Crippen molar-refractivity contribution < 1.29 is 9.53 Å². The van der Waals surface area contributed by atoms with Crippen LogP contribution in [-0.2, 0) is 17.9 Å². The number of aromatic nitrogens is 4. The van der Waals surface area contributed by atoms with Gasteiger partial charge in [0.15, 0.2) is 11.0 Å². The van der Waals surface area contributed by atoms with E-state index in [1.807, 2.05) is 36.6 Å². The van der Waals surface area contributed by atoms with E-state index in [0.29, 0.717) is 24.1 Å². The summed E-state index contributed by atoms with van der Waals surface area (Å²) >= 11 is 4.65. The Balaban J connectivity index is 1.59.